The van der Waals surface area contributed by atoms with Crippen molar-refractivity contribution >= 4 is 5.91 Å². The molecular formula is C32H47NO5. The Morgan fingerprint density at radius 1 is 1.05 bits per heavy atom. The van der Waals surface area contributed by atoms with E-state index < -0.39 is 0 Å². The minimum atomic E-state index is -0.272. The van der Waals surface area contributed by atoms with Crippen LogP contribution in [0.1, 0.15) is 90.5 Å². The Morgan fingerprint density at radius 3 is 2.71 bits per heavy atom. The number of amides is 1. The number of hydrogen-bond donors (Lipinski definition) is 3. The molecule has 38 heavy (non-hydrogen) atoms. The van der Waals surface area contributed by atoms with Crippen LogP contribution >= 0.6 is 0 Å². The van der Waals surface area contributed by atoms with Gasteiger partial charge in [-0.3, -0.25) is 4.79 Å². The second kappa shape index (κ2) is 9.99. The first-order chi connectivity index (χ1) is 18.2. The predicted molar refractivity (Wildman–Crippen MR) is 145 cm³/mol. The molecule has 1 heterocycles. The Labute approximate surface area is 227 Å². The van der Waals surface area contributed by atoms with E-state index in [2.05, 4.69) is 26.1 Å². The standard InChI is InChI=1S/C32H47NO5/c1-19(4-11-30(36)33-17-20-5-10-27-28(14-20)38-18-37-27)24-8-9-25-23-7-6-21-15-22(34)12-13-31(21,2)26(23)16-29(35)32(24,25)3/h5,10,14,19,21-26,29,34-35H,4,6-9,11-13,15-18H2,1-3H3,(H,33,36). The normalized spacial score (nSPS) is 42.1. The van der Waals surface area contributed by atoms with E-state index in [0.29, 0.717) is 48.5 Å². The van der Waals surface area contributed by atoms with Gasteiger partial charge < -0.3 is 25.0 Å². The number of benzene rings is 1. The smallest absolute Gasteiger partial charge is 0.231 e. The van der Waals surface area contributed by atoms with Gasteiger partial charge in [0.05, 0.1) is 12.2 Å². The SMILES string of the molecule is CC(CCC(=O)NCc1ccc2c(c1)OCO2)C1CCC2C3CCC4CC(O)CCC4(C)C3CC(O)C12C. The lowest BCUT2D eigenvalue weighted by atomic mass is 9.43. The van der Waals surface area contributed by atoms with Gasteiger partial charge in [-0.25, -0.2) is 0 Å². The van der Waals surface area contributed by atoms with E-state index in [4.69, 9.17) is 9.47 Å². The quantitative estimate of drug-likeness (QED) is 0.460. The van der Waals surface area contributed by atoms with Gasteiger partial charge in [0.1, 0.15) is 0 Å². The Bertz CT molecular complexity index is 1040. The lowest BCUT2D eigenvalue weighted by molar-refractivity contribution is -0.174. The molecule has 0 aromatic heterocycles. The fourth-order valence-electron chi connectivity index (χ4n) is 10.1. The van der Waals surface area contributed by atoms with Crippen molar-refractivity contribution in [2.75, 3.05) is 6.79 Å². The first-order valence-corrected chi connectivity index (χ1v) is 15.2. The summed E-state index contributed by atoms with van der Waals surface area (Å²) in [6.45, 7) is 7.91. The number of nitrogens with one attached hydrogen (secondary N) is 1. The van der Waals surface area contributed by atoms with Crippen LogP contribution in [-0.4, -0.2) is 35.1 Å². The lowest BCUT2D eigenvalue weighted by Gasteiger charge is -2.62. The highest BCUT2D eigenvalue weighted by molar-refractivity contribution is 5.75. The van der Waals surface area contributed by atoms with Crippen LogP contribution in [0.3, 0.4) is 0 Å². The van der Waals surface area contributed by atoms with Crippen LogP contribution in [0.25, 0.3) is 0 Å². The summed E-state index contributed by atoms with van der Waals surface area (Å²) < 4.78 is 10.8. The first-order valence-electron chi connectivity index (χ1n) is 15.2. The summed E-state index contributed by atoms with van der Waals surface area (Å²) in [6, 6.07) is 5.80. The second-order valence-electron chi connectivity index (χ2n) is 13.9. The molecule has 10 atom stereocenters. The van der Waals surface area contributed by atoms with E-state index in [0.717, 1.165) is 49.2 Å². The molecule has 1 aromatic carbocycles. The monoisotopic (exact) mass is 525 g/mol. The second-order valence-corrected chi connectivity index (χ2v) is 13.9. The molecule has 0 saturated heterocycles. The molecule has 6 rings (SSSR count). The number of rotatable bonds is 6. The average Bonchev–Trinajstić information content (AvgIpc) is 3.52. The molecule has 4 saturated carbocycles. The summed E-state index contributed by atoms with van der Waals surface area (Å²) in [6.07, 6.45) is 9.75. The summed E-state index contributed by atoms with van der Waals surface area (Å²) in [7, 11) is 0. The highest BCUT2D eigenvalue weighted by Gasteiger charge is 2.63. The van der Waals surface area contributed by atoms with Crippen molar-refractivity contribution in [2.24, 2.45) is 46.3 Å². The van der Waals surface area contributed by atoms with Gasteiger partial charge in [0.25, 0.3) is 0 Å². The molecule has 3 N–H and O–H groups in total. The lowest BCUT2D eigenvalue weighted by Crippen LogP contribution is -2.58. The van der Waals surface area contributed by atoms with Gasteiger partial charge in [0, 0.05) is 13.0 Å². The van der Waals surface area contributed by atoms with Gasteiger partial charge in [-0.2, -0.15) is 0 Å². The van der Waals surface area contributed by atoms with Crippen molar-refractivity contribution in [2.45, 2.75) is 104 Å². The molecule has 1 aromatic rings. The van der Waals surface area contributed by atoms with E-state index in [9.17, 15) is 15.0 Å². The highest BCUT2D eigenvalue weighted by atomic mass is 16.7. The number of aliphatic hydroxyl groups is 2. The summed E-state index contributed by atoms with van der Waals surface area (Å²) in [5.41, 5.74) is 1.23. The minimum absolute atomic E-state index is 0.0546. The molecule has 6 nitrogen and oxygen atoms in total. The zero-order valence-electron chi connectivity index (χ0n) is 23.5. The van der Waals surface area contributed by atoms with Crippen LogP contribution in [0.2, 0.25) is 0 Å². The maximum atomic E-state index is 12.7. The van der Waals surface area contributed by atoms with E-state index in [1.807, 2.05) is 18.2 Å². The molecule has 210 valence electrons. The zero-order chi connectivity index (χ0) is 26.7. The van der Waals surface area contributed by atoms with Crippen molar-refractivity contribution in [1.82, 2.24) is 5.32 Å². The van der Waals surface area contributed by atoms with Gasteiger partial charge in [-0.05, 0) is 122 Å². The number of carbonyl (C=O) groups is 1. The van der Waals surface area contributed by atoms with Crippen molar-refractivity contribution in [3.63, 3.8) is 0 Å². The first kappa shape index (κ1) is 26.4. The largest absolute Gasteiger partial charge is 0.454 e. The fraction of sp³-hybridized carbons (Fsp3) is 0.781. The molecule has 0 radical (unpaired) electrons. The van der Waals surface area contributed by atoms with Crippen LogP contribution in [0, 0.1) is 46.3 Å². The molecule has 1 amide bonds. The Balaban J connectivity index is 1.06. The molecule has 10 unspecified atom stereocenters. The molecule has 1 aliphatic heterocycles. The summed E-state index contributed by atoms with van der Waals surface area (Å²) in [5, 5.41) is 25.2. The summed E-state index contributed by atoms with van der Waals surface area (Å²) in [4.78, 5) is 12.7. The summed E-state index contributed by atoms with van der Waals surface area (Å²) in [5.74, 6) is 4.92. The van der Waals surface area contributed by atoms with Crippen molar-refractivity contribution in [3.05, 3.63) is 23.8 Å². The maximum Gasteiger partial charge on any atom is 0.231 e. The number of fused-ring (bicyclic) bond motifs is 6. The molecular weight excluding hydrogens is 478 g/mol. The predicted octanol–water partition coefficient (Wildman–Crippen LogP) is 5.44. The third kappa shape index (κ3) is 4.34. The molecule has 4 aliphatic carbocycles. The van der Waals surface area contributed by atoms with Crippen LogP contribution in [0.5, 0.6) is 11.5 Å². The molecule has 0 bridgehead atoms. The topological polar surface area (TPSA) is 88.0 Å². The Kier molecular flexibility index (Phi) is 6.95. The minimum Gasteiger partial charge on any atom is -0.454 e. The molecule has 4 fully saturated rings. The molecule has 6 heteroatoms. The van der Waals surface area contributed by atoms with Crippen molar-refractivity contribution in [1.29, 1.82) is 0 Å². The van der Waals surface area contributed by atoms with Gasteiger partial charge in [0.15, 0.2) is 11.5 Å². The zero-order valence-corrected chi connectivity index (χ0v) is 23.5. The highest BCUT2D eigenvalue weighted by Crippen LogP contribution is 2.68. The average molecular weight is 526 g/mol. The summed E-state index contributed by atoms with van der Waals surface area (Å²) >= 11 is 0. The number of hydrogen-bond acceptors (Lipinski definition) is 5. The van der Waals surface area contributed by atoms with E-state index in [1.165, 1.54) is 25.7 Å². The maximum absolute atomic E-state index is 12.7. The van der Waals surface area contributed by atoms with E-state index >= 15 is 0 Å². The van der Waals surface area contributed by atoms with Gasteiger partial charge in [-0.1, -0.05) is 26.8 Å². The van der Waals surface area contributed by atoms with E-state index in [-0.39, 0.29) is 35.7 Å². The van der Waals surface area contributed by atoms with Gasteiger partial charge >= 0.3 is 0 Å². The van der Waals surface area contributed by atoms with E-state index in [1.54, 1.807) is 0 Å². The van der Waals surface area contributed by atoms with Crippen LogP contribution in [-0.2, 0) is 11.3 Å². The van der Waals surface area contributed by atoms with Crippen LogP contribution < -0.4 is 14.8 Å². The van der Waals surface area contributed by atoms with Gasteiger partial charge in [0.2, 0.25) is 12.7 Å². The third-order valence-electron chi connectivity index (χ3n) is 12.3. The van der Waals surface area contributed by atoms with Crippen molar-refractivity contribution in [3.8, 4) is 11.5 Å². The number of aliphatic hydroxyl groups excluding tert-OH is 2. The molecule has 5 aliphatic rings. The molecule has 0 spiro atoms. The van der Waals surface area contributed by atoms with Crippen LogP contribution in [0.4, 0.5) is 0 Å². The van der Waals surface area contributed by atoms with Crippen molar-refractivity contribution < 1.29 is 24.5 Å². The Hall–Kier alpha value is -1.79. The van der Waals surface area contributed by atoms with Gasteiger partial charge in [-0.15, -0.1) is 0 Å². The number of carbonyl (C=O) groups excluding carboxylic acids is 1. The fourth-order valence-corrected chi connectivity index (χ4v) is 10.1. The Morgan fingerprint density at radius 2 is 1.87 bits per heavy atom. The number of ether oxygens (including phenoxy) is 2. The third-order valence-corrected chi connectivity index (χ3v) is 12.3. The van der Waals surface area contributed by atoms with Crippen LogP contribution in [0.15, 0.2) is 18.2 Å².